The summed E-state index contributed by atoms with van der Waals surface area (Å²) in [5, 5.41) is 23.5. The molecule has 3 aromatic carbocycles. The summed E-state index contributed by atoms with van der Waals surface area (Å²) in [7, 11) is 0. The van der Waals surface area contributed by atoms with Crippen LogP contribution in [0.15, 0.2) is 78.9 Å². The molecule has 0 aromatic heterocycles. The summed E-state index contributed by atoms with van der Waals surface area (Å²) in [6.45, 7) is 3.85. The molecular formula is C26H24N2O5. The summed E-state index contributed by atoms with van der Waals surface area (Å²) in [4.78, 5) is 35.8. The predicted molar refractivity (Wildman–Crippen MR) is 124 cm³/mol. The highest BCUT2D eigenvalue weighted by atomic mass is 16.6. The van der Waals surface area contributed by atoms with Gasteiger partial charge in [0.15, 0.2) is 5.78 Å². The number of hydrogen-bond donors (Lipinski definition) is 0. The van der Waals surface area contributed by atoms with E-state index < -0.39 is 28.2 Å². The maximum absolute atomic E-state index is 13.0. The first-order valence-electron chi connectivity index (χ1n) is 10.8. The highest BCUT2D eigenvalue weighted by molar-refractivity contribution is 5.96. The number of hydrogen-bond acceptors (Lipinski definition) is 5. The van der Waals surface area contributed by atoms with E-state index in [0.29, 0.717) is 5.56 Å². The standard InChI is InChI=1S/C26H24N2O5/c1-26(2,18-12-14-19(15-13-18)27(30)31)24-21-11-7-6-10-20(21)22(25(24)28(32)33)16-23(29)17-8-4-3-5-9-17/h3-15,22,24-25H,16H2,1-2H3/t22-,24-,25-/m1/s1. The van der Waals surface area contributed by atoms with Crippen LogP contribution in [0.5, 0.6) is 0 Å². The minimum Gasteiger partial charge on any atom is -0.294 e. The van der Waals surface area contributed by atoms with Crippen molar-refractivity contribution in [3.05, 3.63) is 121 Å². The van der Waals surface area contributed by atoms with E-state index in [-0.39, 0.29) is 22.8 Å². The van der Waals surface area contributed by atoms with Crippen molar-refractivity contribution in [1.82, 2.24) is 0 Å². The summed E-state index contributed by atoms with van der Waals surface area (Å²) in [5.41, 5.74) is 2.26. The highest BCUT2D eigenvalue weighted by Gasteiger charge is 2.55. The number of ketones is 1. The van der Waals surface area contributed by atoms with Gasteiger partial charge in [0.1, 0.15) is 0 Å². The zero-order valence-corrected chi connectivity index (χ0v) is 18.4. The fourth-order valence-corrected chi connectivity index (χ4v) is 5.18. The van der Waals surface area contributed by atoms with Crippen LogP contribution in [0, 0.1) is 20.2 Å². The van der Waals surface area contributed by atoms with Crippen LogP contribution in [0.1, 0.15) is 59.2 Å². The van der Waals surface area contributed by atoms with Gasteiger partial charge in [-0.2, -0.15) is 0 Å². The topological polar surface area (TPSA) is 103 Å². The Morgan fingerprint density at radius 2 is 1.42 bits per heavy atom. The van der Waals surface area contributed by atoms with Crippen molar-refractivity contribution in [2.24, 2.45) is 0 Å². The Hall–Kier alpha value is -3.87. The number of carbonyl (C=O) groups is 1. The molecule has 4 rings (SSSR count). The van der Waals surface area contributed by atoms with E-state index in [1.54, 1.807) is 36.4 Å². The Morgan fingerprint density at radius 1 is 0.848 bits per heavy atom. The molecule has 0 fully saturated rings. The van der Waals surface area contributed by atoms with Crippen molar-refractivity contribution in [3.8, 4) is 0 Å². The minimum absolute atomic E-state index is 0.0291. The van der Waals surface area contributed by atoms with Gasteiger partial charge in [0.2, 0.25) is 6.04 Å². The van der Waals surface area contributed by atoms with Crippen LogP contribution < -0.4 is 0 Å². The smallest absolute Gasteiger partial charge is 0.269 e. The van der Waals surface area contributed by atoms with Gasteiger partial charge in [0.05, 0.1) is 16.8 Å². The quantitative estimate of drug-likeness (QED) is 0.265. The van der Waals surface area contributed by atoms with Gasteiger partial charge in [-0.1, -0.05) is 80.6 Å². The second-order valence-electron chi connectivity index (χ2n) is 9.01. The molecule has 0 N–H and O–H groups in total. The van der Waals surface area contributed by atoms with Crippen molar-refractivity contribution in [2.45, 2.75) is 43.6 Å². The molecule has 0 saturated heterocycles. The first-order chi connectivity index (χ1) is 15.7. The number of carbonyl (C=O) groups excluding carboxylic acids is 1. The molecule has 0 saturated carbocycles. The number of Topliss-reactive ketones (excluding diaryl/α,β-unsaturated/α-hetero) is 1. The van der Waals surface area contributed by atoms with Crippen LogP contribution >= 0.6 is 0 Å². The fraction of sp³-hybridized carbons (Fsp3) is 0.269. The third-order valence-corrected chi connectivity index (χ3v) is 6.83. The lowest BCUT2D eigenvalue weighted by molar-refractivity contribution is -0.530. The summed E-state index contributed by atoms with van der Waals surface area (Å²) >= 11 is 0. The number of non-ortho nitro benzene ring substituents is 1. The molecule has 3 atom stereocenters. The number of nitrogens with zero attached hydrogens (tertiary/aromatic N) is 2. The first kappa shape index (κ1) is 22.3. The molecule has 0 aliphatic heterocycles. The Kier molecular flexibility index (Phi) is 5.80. The third kappa shape index (κ3) is 4.02. The average Bonchev–Trinajstić information content (AvgIpc) is 3.15. The van der Waals surface area contributed by atoms with E-state index in [1.165, 1.54) is 12.1 Å². The summed E-state index contributed by atoms with van der Waals surface area (Å²) in [5.74, 6) is -1.19. The van der Waals surface area contributed by atoms with E-state index in [2.05, 4.69) is 0 Å². The number of nitro groups is 2. The lowest BCUT2D eigenvalue weighted by atomic mass is 9.68. The van der Waals surface area contributed by atoms with Gasteiger partial charge in [-0.3, -0.25) is 25.0 Å². The van der Waals surface area contributed by atoms with Gasteiger partial charge in [-0.15, -0.1) is 0 Å². The predicted octanol–water partition coefficient (Wildman–Crippen LogP) is 5.67. The van der Waals surface area contributed by atoms with Gasteiger partial charge in [0.25, 0.3) is 5.69 Å². The number of nitro benzene ring substituents is 1. The fourth-order valence-electron chi connectivity index (χ4n) is 5.18. The number of rotatable bonds is 7. The molecule has 7 heteroatoms. The molecule has 33 heavy (non-hydrogen) atoms. The Bertz CT molecular complexity index is 1200. The van der Waals surface area contributed by atoms with Gasteiger partial charge in [-0.05, 0) is 16.7 Å². The van der Waals surface area contributed by atoms with Crippen molar-refractivity contribution in [2.75, 3.05) is 0 Å². The molecular weight excluding hydrogens is 420 g/mol. The van der Waals surface area contributed by atoms with E-state index >= 15 is 0 Å². The van der Waals surface area contributed by atoms with E-state index in [4.69, 9.17) is 0 Å². The molecule has 0 bridgehead atoms. The normalized spacial score (nSPS) is 19.6. The monoisotopic (exact) mass is 444 g/mol. The van der Waals surface area contributed by atoms with E-state index in [1.807, 2.05) is 44.2 Å². The molecule has 0 spiro atoms. The third-order valence-electron chi connectivity index (χ3n) is 6.83. The molecule has 168 valence electrons. The molecule has 3 aromatic rings. The molecule has 0 radical (unpaired) electrons. The Morgan fingerprint density at radius 3 is 2.00 bits per heavy atom. The lowest BCUT2D eigenvalue weighted by Gasteiger charge is -2.34. The first-order valence-corrected chi connectivity index (χ1v) is 10.8. The Balaban J connectivity index is 1.77. The number of benzene rings is 3. The molecule has 1 aliphatic carbocycles. The van der Waals surface area contributed by atoms with Crippen LogP contribution in [0.4, 0.5) is 5.69 Å². The second-order valence-corrected chi connectivity index (χ2v) is 9.01. The summed E-state index contributed by atoms with van der Waals surface area (Å²) in [6, 6.07) is 21.5. The summed E-state index contributed by atoms with van der Waals surface area (Å²) in [6.07, 6.45) is 0.0412. The maximum atomic E-state index is 13.0. The van der Waals surface area contributed by atoms with Crippen LogP contribution in [0.25, 0.3) is 0 Å². The largest absolute Gasteiger partial charge is 0.294 e. The number of fused-ring (bicyclic) bond motifs is 1. The molecule has 7 nitrogen and oxygen atoms in total. The van der Waals surface area contributed by atoms with Gasteiger partial charge < -0.3 is 0 Å². The molecule has 0 amide bonds. The second kappa shape index (κ2) is 8.58. The SMILES string of the molecule is CC(C)(c1ccc([N+](=O)[O-])cc1)[C@@H]1c2ccccc2[C@@H](CC(=O)c2ccccc2)[C@H]1[N+](=O)[O-]. The van der Waals surface area contributed by atoms with Crippen LogP contribution in [-0.4, -0.2) is 21.7 Å². The van der Waals surface area contributed by atoms with Gasteiger partial charge >= 0.3 is 0 Å². The van der Waals surface area contributed by atoms with Crippen LogP contribution in [0.3, 0.4) is 0 Å². The lowest BCUT2D eigenvalue weighted by Crippen LogP contribution is -2.39. The zero-order valence-electron chi connectivity index (χ0n) is 18.4. The van der Waals surface area contributed by atoms with Crippen LogP contribution in [0.2, 0.25) is 0 Å². The molecule has 0 heterocycles. The van der Waals surface area contributed by atoms with E-state index in [0.717, 1.165) is 16.7 Å². The van der Waals surface area contributed by atoms with Crippen molar-refractivity contribution in [3.63, 3.8) is 0 Å². The van der Waals surface area contributed by atoms with Crippen molar-refractivity contribution < 1.29 is 14.6 Å². The van der Waals surface area contributed by atoms with Crippen molar-refractivity contribution >= 4 is 11.5 Å². The van der Waals surface area contributed by atoms with Crippen molar-refractivity contribution in [1.29, 1.82) is 0 Å². The molecule has 1 aliphatic rings. The average molecular weight is 444 g/mol. The van der Waals surface area contributed by atoms with Crippen LogP contribution in [-0.2, 0) is 5.41 Å². The van der Waals surface area contributed by atoms with E-state index in [9.17, 15) is 25.0 Å². The highest BCUT2D eigenvalue weighted by Crippen LogP contribution is 2.53. The van der Waals surface area contributed by atoms with Gasteiger partial charge in [0, 0.05) is 34.5 Å². The molecule has 0 unspecified atom stereocenters. The summed E-state index contributed by atoms with van der Waals surface area (Å²) < 4.78 is 0. The Labute approximate surface area is 191 Å². The zero-order chi connectivity index (χ0) is 23.8. The van der Waals surface area contributed by atoms with Gasteiger partial charge in [-0.25, -0.2) is 0 Å². The minimum atomic E-state index is -1.000. The maximum Gasteiger partial charge on any atom is 0.269 e.